The SMILES string of the molecule is CCC(C)C(NC(=O)C(N)Cc1ccc(O)cc1)C(=O)NC(C(=O)NC(CS)C(=O)O)C(C)O. The number of hydrogen-bond donors (Lipinski definition) is 8. The maximum atomic E-state index is 13.0. The number of nitrogens with one attached hydrogen (secondary N) is 3. The van der Waals surface area contributed by atoms with Gasteiger partial charge in [0, 0.05) is 5.75 Å². The number of nitrogens with two attached hydrogens (primary N) is 1. The Balaban J connectivity index is 2.93. The molecule has 0 spiro atoms. The molecule has 0 saturated heterocycles. The van der Waals surface area contributed by atoms with Crippen molar-refractivity contribution < 1.29 is 34.5 Å². The van der Waals surface area contributed by atoms with Crippen molar-refractivity contribution in [2.24, 2.45) is 11.7 Å². The van der Waals surface area contributed by atoms with Crippen molar-refractivity contribution in [1.29, 1.82) is 0 Å². The minimum Gasteiger partial charge on any atom is -0.508 e. The van der Waals surface area contributed by atoms with Crippen molar-refractivity contribution in [3.8, 4) is 5.75 Å². The molecule has 6 unspecified atom stereocenters. The van der Waals surface area contributed by atoms with Gasteiger partial charge in [-0.1, -0.05) is 32.4 Å². The van der Waals surface area contributed by atoms with Crippen LogP contribution in [0.4, 0.5) is 0 Å². The number of carbonyl (C=O) groups is 4. The van der Waals surface area contributed by atoms with Crippen molar-refractivity contribution in [2.75, 3.05) is 5.75 Å². The van der Waals surface area contributed by atoms with E-state index in [1.165, 1.54) is 19.1 Å². The second-order valence-electron chi connectivity index (χ2n) is 8.16. The molecule has 1 rings (SSSR count). The van der Waals surface area contributed by atoms with Crippen LogP contribution < -0.4 is 21.7 Å². The Bertz CT molecular complexity index is 850. The monoisotopic (exact) mass is 498 g/mol. The lowest BCUT2D eigenvalue weighted by Crippen LogP contribution is -2.61. The van der Waals surface area contributed by atoms with E-state index in [0.717, 1.165) is 0 Å². The average Bonchev–Trinajstić information content (AvgIpc) is 2.79. The third-order valence-corrected chi connectivity index (χ3v) is 5.75. The molecule has 190 valence electrons. The van der Waals surface area contributed by atoms with E-state index in [1.807, 2.05) is 6.92 Å². The molecular formula is C22H34N4O7S. The van der Waals surface area contributed by atoms with Gasteiger partial charge in [0.1, 0.15) is 23.9 Å². The summed E-state index contributed by atoms with van der Waals surface area (Å²) in [4.78, 5) is 49.4. The Labute approximate surface area is 203 Å². The topological polar surface area (TPSA) is 191 Å². The first kappa shape index (κ1) is 29.2. The zero-order chi connectivity index (χ0) is 26.0. The lowest BCUT2D eigenvalue weighted by molar-refractivity contribution is -0.142. The van der Waals surface area contributed by atoms with Gasteiger partial charge in [-0.25, -0.2) is 4.79 Å². The number of aromatic hydroxyl groups is 1. The van der Waals surface area contributed by atoms with Crippen LogP contribution in [0.25, 0.3) is 0 Å². The van der Waals surface area contributed by atoms with Crippen LogP contribution in [0.15, 0.2) is 24.3 Å². The van der Waals surface area contributed by atoms with Gasteiger partial charge in [-0.05, 0) is 37.0 Å². The number of aliphatic hydroxyl groups excluding tert-OH is 1. The molecular weight excluding hydrogens is 464 g/mol. The van der Waals surface area contributed by atoms with Crippen LogP contribution in [0.5, 0.6) is 5.75 Å². The van der Waals surface area contributed by atoms with Crippen LogP contribution in [0.3, 0.4) is 0 Å². The number of aliphatic carboxylic acids is 1. The second-order valence-corrected chi connectivity index (χ2v) is 8.52. The van der Waals surface area contributed by atoms with Crippen LogP contribution in [0.1, 0.15) is 32.8 Å². The Morgan fingerprint density at radius 3 is 1.97 bits per heavy atom. The van der Waals surface area contributed by atoms with E-state index >= 15 is 0 Å². The van der Waals surface area contributed by atoms with E-state index in [-0.39, 0.29) is 23.8 Å². The summed E-state index contributed by atoms with van der Waals surface area (Å²) in [6.07, 6.45) is -0.666. The maximum Gasteiger partial charge on any atom is 0.327 e. The van der Waals surface area contributed by atoms with Gasteiger partial charge in [0.25, 0.3) is 0 Å². The van der Waals surface area contributed by atoms with Crippen LogP contribution in [-0.4, -0.2) is 75.0 Å². The van der Waals surface area contributed by atoms with Gasteiger partial charge in [-0.2, -0.15) is 12.6 Å². The summed E-state index contributed by atoms with van der Waals surface area (Å²) in [5.41, 5.74) is 6.72. The van der Waals surface area contributed by atoms with Crippen molar-refractivity contribution in [3.63, 3.8) is 0 Å². The number of benzene rings is 1. The highest BCUT2D eigenvalue weighted by Gasteiger charge is 2.34. The second kappa shape index (κ2) is 13.8. The maximum absolute atomic E-state index is 13.0. The fourth-order valence-electron chi connectivity index (χ4n) is 3.04. The first-order valence-electron chi connectivity index (χ1n) is 10.9. The third kappa shape index (κ3) is 8.84. The fourth-order valence-corrected chi connectivity index (χ4v) is 3.28. The van der Waals surface area contributed by atoms with Gasteiger partial charge in [-0.3, -0.25) is 14.4 Å². The first-order chi connectivity index (χ1) is 15.9. The van der Waals surface area contributed by atoms with Crippen LogP contribution in [0, 0.1) is 5.92 Å². The van der Waals surface area contributed by atoms with Gasteiger partial charge in [0.15, 0.2) is 0 Å². The number of carboxylic acids is 1. The first-order valence-corrected chi connectivity index (χ1v) is 11.5. The predicted octanol–water partition coefficient (Wildman–Crippen LogP) is -0.842. The minimum absolute atomic E-state index is 0.0797. The Morgan fingerprint density at radius 2 is 1.50 bits per heavy atom. The highest BCUT2D eigenvalue weighted by molar-refractivity contribution is 7.80. The minimum atomic E-state index is -1.46. The molecule has 0 heterocycles. The molecule has 6 atom stereocenters. The van der Waals surface area contributed by atoms with Crippen molar-refractivity contribution in [1.82, 2.24) is 16.0 Å². The summed E-state index contributed by atoms with van der Waals surface area (Å²) in [6.45, 7) is 4.82. The number of rotatable bonds is 13. The van der Waals surface area contributed by atoms with Gasteiger partial charge < -0.3 is 37.0 Å². The molecule has 8 N–H and O–H groups in total. The van der Waals surface area contributed by atoms with Gasteiger partial charge in [-0.15, -0.1) is 0 Å². The molecule has 0 fully saturated rings. The summed E-state index contributed by atoms with van der Waals surface area (Å²) in [6, 6.07) is 1.40. The molecule has 0 aliphatic heterocycles. The van der Waals surface area contributed by atoms with Crippen LogP contribution in [0.2, 0.25) is 0 Å². The summed E-state index contributed by atoms with van der Waals surface area (Å²) >= 11 is 3.87. The third-order valence-electron chi connectivity index (χ3n) is 5.38. The summed E-state index contributed by atoms with van der Waals surface area (Å²) in [5, 5.41) is 35.7. The molecule has 0 saturated carbocycles. The smallest absolute Gasteiger partial charge is 0.327 e. The van der Waals surface area contributed by atoms with E-state index in [4.69, 9.17) is 10.8 Å². The quantitative estimate of drug-likeness (QED) is 0.161. The largest absolute Gasteiger partial charge is 0.508 e. The molecule has 34 heavy (non-hydrogen) atoms. The highest BCUT2D eigenvalue weighted by Crippen LogP contribution is 2.12. The number of phenols is 1. The van der Waals surface area contributed by atoms with Crippen molar-refractivity contribution >= 4 is 36.3 Å². The highest BCUT2D eigenvalue weighted by atomic mass is 32.1. The molecule has 0 radical (unpaired) electrons. The fraction of sp³-hybridized carbons (Fsp3) is 0.545. The van der Waals surface area contributed by atoms with Crippen LogP contribution >= 0.6 is 12.6 Å². The normalized spacial score (nSPS) is 16.3. The van der Waals surface area contributed by atoms with Crippen molar-refractivity contribution in [3.05, 3.63) is 29.8 Å². The van der Waals surface area contributed by atoms with Gasteiger partial charge in [0.05, 0.1) is 12.1 Å². The van der Waals surface area contributed by atoms with E-state index < -0.39 is 54.0 Å². The molecule has 0 aliphatic rings. The van der Waals surface area contributed by atoms with E-state index in [1.54, 1.807) is 19.1 Å². The molecule has 0 bridgehead atoms. The Kier molecular flexibility index (Phi) is 11.8. The molecule has 1 aromatic rings. The number of carboxylic acid groups (broad SMARTS) is 1. The number of aliphatic hydroxyl groups is 1. The number of hydrogen-bond acceptors (Lipinski definition) is 8. The molecule has 0 aliphatic carbocycles. The average molecular weight is 499 g/mol. The van der Waals surface area contributed by atoms with Gasteiger partial charge in [0.2, 0.25) is 17.7 Å². The molecule has 12 heteroatoms. The number of thiol groups is 1. The molecule has 11 nitrogen and oxygen atoms in total. The van der Waals surface area contributed by atoms with Crippen LogP contribution in [-0.2, 0) is 25.6 Å². The molecule has 3 amide bonds. The lowest BCUT2D eigenvalue weighted by atomic mass is 9.96. The summed E-state index contributed by atoms with van der Waals surface area (Å²) in [5.74, 6) is -3.98. The molecule has 1 aromatic carbocycles. The number of amides is 3. The van der Waals surface area contributed by atoms with Gasteiger partial charge >= 0.3 is 5.97 Å². The summed E-state index contributed by atoms with van der Waals surface area (Å²) in [7, 11) is 0. The van der Waals surface area contributed by atoms with E-state index in [9.17, 15) is 29.4 Å². The zero-order valence-electron chi connectivity index (χ0n) is 19.4. The Hall–Kier alpha value is -2.83. The van der Waals surface area contributed by atoms with E-state index in [2.05, 4.69) is 28.6 Å². The number of phenolic OH excluding ortho intramolecular Hbond substituents is 1. The number of carbonyl (C=O) groups excluding carboxylic acids is 3. The van der Waals surface area contributed by atoms with Crippen molar-refractivity contribution in [2.45, 2.75) is 63.9 Å². The standard InChI is InChI=1S/C22H34N4O7S/c1-4-11(2)17(25-19(29)15(23)9-13-5-7-14(28)8-6-13)20(30)26-18(12(3)27)21(31)24-16(10-34)22(32)33/h5-8,11-12,15-18,27-28,34H,4,9-10,23H2,1-3H3,(H,24,31)(H,25,29)(H,26,30)(H,32,33). The zero-order valence-corrected chi connectivity index (χ0v) is 20.3. The Morgan fingerprint density at radius 1 is 0.971 bits per heavy atom. The predicted molar refractivity (Wildman–Crippen MR) is 128 cm³/mol. The summed E-state index contributed by atoms with van der Waals surface area (Å²) < 4.78 is 0. The molecule has 0 aromatic heterocycles. The van der Waals surface area contributed by atoms with E-state index in [0.29, 0.717) is 12.0 Å². The lowest BCUT2D eigenvalue weighted by Gasteiger charge is -2.28.